The predicted molar refractivity (Wildman–Crippen MR) is 174 cm³/mol. The van der Waals surface area contributed by atoms with E-state index in [0.29, 0.717) is 0 Å². The van der Waals surface area contributed by atoms with Gasteiger partial charge in [0.05, 0.1) is 11.9 Å². The van der Waals surface area contributed by atoms with Gasteiger partial charge in [-0.2, -0.15) is 0 Å². The summed E-state index contributed by atoms with van der Waals surface area (Å²) in [5.41, 5.74) is 12.3. The number of furan rings is 1. The third kappa shape index (κ3) is 4.28. The van der Waals surface area contributed by atoms with Crippen LogP contribution in [-0.4, -0.2) is 15.4 Å². The van der Waals surface area contributed by atoms with Crippen LogP contribution in [0.25, 0.3) is 77.7 Å². The molecule has 0 aliphatic rings. The van der Waals surface area contributed by atoms with Gasteiger partial charge in [-0.05, 0) is 62.4 Å². The van der Waals surface area contributed by atoms with Crippen LogP contribution in [0.1, 0.15) is 0 Å². The Balaban J connectivity index is 1.58. The van der Waals surface area contributed by atoms with Crippen LogP contribution in [0.3, 0.4) is 0 Å². The molecule has 0 atom stereocenters. The van der Waals surface area contributed by atoms with Crippen LogP contribution in [0.2, 0.25) is 0 Å². The maximum absolute atomic E-state index is 6.56. The van der Waals surface area contributed by atoms with Gasteiger partial charge in [-0.3, -0.25) is 0 Å². The molecule has 0 saturated carbocycles. The molecule has 0 N–H and O–H groups in total. The Kier molecular flexibility index (Phi) is 6.08. The van der Waals surface area contributed by atoms with E-state index >= 15 is 0 Å². The van der Waals surface area contributed by atoms with Gasteiger partial charge in [0, 0.05) is 21.9 Å². The molecule has 0 fully saturated rings. The van der Waals surface area contributed by atoms with Gasteiger partial charge < -0.3 is 4.42 Å². The van der Waals surface area contributed by atoms with Crippen molar-refractivity contribution in [1.82, 2.24) is 15.4 Å². The second kappa shape index (κ2) is 10.5. The Bertz CT molecular complexity index is 2220. The number of hydrogen-bond donors (Lipinski definition) is 0. The van der Waals surface area contributed by atoms with E-state index in [4.69, 9.17) is 4.42 Å². The van der Waals surface area contributed by atoms with Crippen LogP contribution in [0, 0.1) is 0 Å². The van der Waals surface area contributed by atoms with Gasteiger partial charge in [0.25, 0.3) is 0 Å². The molecule has 0 aliphatic carbocycles. The van der Waals surface area contributed by atoms with Crippen molar-refractivity contribution in [3.8, 4) is 55.8 Å². The van der Waals surface area contributed by atoms with E-state index in [1.54, 1.807) is 6.20 Å². The van der Waals surface area contributed by atoms with Crippen molar-refractivity contribution in [3.63, 3.8) is 0 Å². The molecule has 4 nitrogen and oxygen atoms in total. The topological polar surface area (TPSA) is 51.8 Å². The number of para-hydroxylation sites is 1. The third-order valence-corrected chi connectivity index (χ3v) is 8.01. The molecular weight excluding hydrogens is 526 g/mol. The summed E-state index contributed by atoms with van der Waals surface area (Å²) in [4.78, 5) is 0. The highest BCUT2D eigenvalue weighted by Crippen LogP contribution is 2.50. The quantitative estimate of drug-likeness (QED) is 0.214. The molecule has 0 bridgehead atoms. The lowest BCUT2D eigenvalue weighted by molar-refractivity contribution is 0.669. The van der Waals surface area contributed by atoms with E-state index in [0.717, 1.165) is 77.7 Å². The summed E-state index contributed by atoms with van der Waals surface area (Å²) < 4.78 is 6.56. The Labute approximate surface area is 248 Å². The van der Waals surface area contributed by atoms with E-state index in [1.165, 1.54) is 0 Å². The smallest absolute Gasteiger partial charge is 0.136 e. The molecule has 2 aromatic heterocycles. The van der Waals surface area contributed by atoms with Crippen LogP contribution in [0.15, 0.2) is 156 Å². The maximum atomic E-state index is 6.56. The van der Waals surface area contributed by atoms with E-state index in [9.17, 15) is 0 Å². The van der Waals surface area contributed by atoms with Crippen molar-refractivity contribution >= 4 is 21.9 Å². The highest BCUT2D eigenvalue weighted by Gasteiger charge is 2.25. The fourth-order valence-electron chi connectivity index (χ4n) is 6.17. The summed E-state index contributed by atoms with van der Waals surface area (Å²) in [5, 5.41) is 14.7. The van der Waals surface area contributed by atoms with Crippen molar-refractivity contribution < 1.29 is 4.42 Å². The summed E-state index contributed by atoms with van der Waals surface area (Å²) in [6, 6.07) is 50.6. The van der Waals surface area contributed by atoms with Crippen molar-refractivity contribution in [2.24, 2.45) is 0 Å². The predicted octanol–water partition coefficient (Wildman–Crippen LogP) is 10.1. The molecule has 2 heterocycles. The second-order valence-electron chi connectivity index (χ2n) is 10.5. The summed E-state index contributed by atoms with van der Waals surface area (Å²) in [7, 11) is 0. The molecular formula is C39H25N3O. The zero-order valence-electron chi connectivity index (χ0n) is 23.2. The number of aromatic nitrogens is 3. The lowest BCUT2D eigenvalue weighted by Gasteiger charge is -2.21. The van der Waals surface area contributed by atoms with Crippen LogP contribution < -0.4 is 0 Å². The summed E-state index contributed by atoms with van der Waals surface area (Å²) in [6.45, 7) is 0. The Hall–Kier alpha value is -5.87. The average molecular weight is 552 g/mol. The Morgan fingerprint density at radius 2 is 1.02 bits per heavy atom. The monoisotopic (exact) mass is 551 g/mol. The van der Waals surface area contributed by atoms with Crippen molar-refractivity contribution in [3.05, 3.63) is 152 Å². The highest BCUT2D eigenvalue weighted by atomic mass is 16.3. The maximum Gasteiger partial charge on any atom is 0.136 e. The largest absolute Gasteiger partial charge is 0.456 e. The fourth-order valence-corrected chi connectivity index (χ4v) is 6.17. The first-order chi connectivity index (χ1) is 21.4. The lowest BCUT2D eigenvalue weighted by atomic mass is 9.82. The molecule has 0 spiro atoms. The van der Waals surface area contributed by atoms with E-state index in [1.807, 2.05) is 24.3 Å². The summed E-state index contributed by atoms with van der Waals surface area (Å²) in [6.07, 6.45) is 1.70. The van der Waals surface area contributed by atoms with Crippen molar-refractivity contribution in [1.29, 1.82) is 0 Å². The Morgan fingerprint density at radius 3 is 1.70 bits per heavy atom. The summed E-state index contributed by atoms with van der Waals surface area (Å²) in [5.74, 6) is 0. The molecule has 43 heavy (non-hydrogen) atoms. The second-order valence-corrected chi connectivity index (χ2v) is 10.5. The number of nitrogens with zero attached hydrogens (tertiary/aromatic N) is 3. The van der Waals surface area contributed by atoms with Gasteiger partial charge in [0.15, 0.2) is 0 Å². The lowest BCUT2D eigenvalue weighted by Crippen LogP contribution is -1.98. The first-order valence-electron chi connectivity index (χ1n) is 14.3. The molecule has 4 heteroatoms. The first kappa shape index (κ1) is 24.9. The molecule has 0 amide bonds. The number of rotatable bonds is 5. The molecule has 0 aliphatic heterocycles. The van der Waals surface area contributed by atoms with Crippen LogP contribution in [0.5, 0.6) is 0 Å². The molecule has 8 rings (SSSR count). The van der Waals surface area contributed by atoms with E-state index in [-0.39, 0.29) is 0 Å². The average Bonchev–Trinajstić information content (AvgIpc) is 3.47. The standard InChI is InChI=1S/C39H25N3O/c1-3-13-26(14-4-1)28-17-7-9-19-30(28)33-25-36-38(32-21-11-12-22-35(32)43-36)39(34-23-24-40-42-41-34)37(33)31-20-10-8-18-29(31)27-15-5-2-6-16-27/h1-25H. The molecule has 0 saturated heterocycles. The number of fused-ring (bicyclic) bond motifs is 3. The van der Waals surface area contributed by atoms with Gasteiger partial charge >= 0.3 is 0 Å². The minimum atomic E-state index is 0.739. The molecule has 8 aromatic rings. The first-order valence-corrected chi connectivity index (χ1v) is 14.3. The van der Waals surface area contributed by atoms with Gasteiger partial charge in [-0.25, -0.2) is 0 Å². The van der Waals surface area contributed by atoms with E-state index < -0.39 is 0 Å². The zero-order chi connectivity index (χ0) is 28.6. The van der Waals surface area contributed by atoms with Gasteiger partial charge in [0.2, 0.25) is 0 Å². The minimum absolute atomic E-state index is 0.739. The van der Waals surface area contributed by atoms with E-state index in [2.05, 4.69) is 137 Å². The fraction of sp³-hybridized carbons (Fsp3) is 0. The molecule has 6 aromatic carbocycles. The highest BCUT2D eigenvalue weighted by molar-refractivity contribution is 6.19. The zero-order valence-corrected chi connectivity index (χ0v) is 23.2. The van der Waals surface area contributed by atoms with Crippen LogP contribution >= 0.6 is 0 Å². The number of hydrogen-bond acceptors (Lipinski definition) is 4. The van der Waals surface area contributed by atoms with Crippen molar-refractivity contribution in [2.45, 2.75) is 0 Å². The Morgan fingerprint density at radius 1 is 0.442 bits per heavy atom. The SMILES string of the molecule is c1ccc(-c2ccccc2-c2cc3oc4ccccc4c3c(-c3ccnnn3)c2-c2ccccc2-c2ccccc2)cc1. The third-order valence-electron chi connectivity index (χ3n) is 8.01. The van der Waals surface area contributed by atoms with Gasteiger partial charge in [-0.1, -0.05) is 127 Å². The van der Waals surface area contributed by atoms with Crippen molar-refractivity contribution in [2.75, 3.05) is 0 Å². The summed E-state index contributed by atoms with van der Waals surface area (Å²) >= 11 is 0. The normalized spacial score (nSPS) is 11.3. The van der Waals surface area contributed by atoms with Gasteiger partial charge in [0.1, 0.15) is 11.2 Å². The molecule has 0 unspecified atom stereocenters. The number of benzene rings is 6. The molecule has 202 valence electrons. The van der Waals surface area contributed by atoms with Gasteiger partial charge in [-0.15, -0.1) is 10.2 Å². The molecule has 0 radical (unpaired) electrons. The minimum Gasteiger partial charge on any atom is -0.456 e. The van der Waals surface area contributed by atoms with Crippen LogP contribution in [0.4, 0.5) is 0 Å². The van der Waals surface area contributed by atoms with Crippen LogP contribution in [-0.2, 0) is 0 Å².